The molecule has 0 spiro atoms. The van der Waals surface area contributed by atoms with Gasteiger partial charge in [-0.05, 0) is 96.3 Å². The van der Waals surface area contributed by atoms with Crippen LogP contribution in [0.1, 0.15) is 284 Å². The molecule has 0 N–H and O–H groups in total. The lowest BCUT2D eigenvalue weighted by atomic mass is 10.0. The van der Waals surface area contributed by atoms with Crippen LogP contribution in [0, 0.1) is 0 Å². The number of likely N-dealkylation sites (N-methyl/N-ethyl adjacent to an activating group) is 1. The molecule has 0 radical (unpaired) electrons. The number of allylic oxidation sites excluding steroid dienone is 18. The third kappa shape index (κ3) is 65.8. The van der Waals surface area contributed by atoms with E-state index >= 15 is 0 Å². The number of nitrogens with zero attached hydrogens (tertiary/aromatic N) is 1. The van der Waals surface area contributed by atoms with E-state index in [-0.39, 0.29) is 26.1 Å². The van der Waals surface area contributed by atoms with Gasteiger partial charge >= 0.3 is 11.9 Å². The van der Waals surface area contributed by atoms with Crippen LogP contribution < -0.4 is 4.89 Å². The van der Waals surface area contributed by atoms with E-state index in [9.17, 15) is 19.0 Å². The fourth-order valence-electron chi connectivity index (χ4n) is 9.21. The highest BCUT2D eigenvalue weighted by Gasteiger charge is 2.22. The van der Waals surface area contributed by atoms with Crippen LogP contribution in [0.5, 0.6) is 0 Å². The molecular formula is C72H126NO8P. The summed E-state index contributed by atoms with van der Waals surface area (Å²) in [7, 11) is 1.16. The number of hydrogen-bond donors (Lipinski definition) is 0. The maximum Gasteiger partial charge on any atom is 0.306 e. The van der Waals surface area contributed by atoms with Crippen LogP contribution in [0.2, 0.25) is 0 Å². The summed E-state index contributed by atoms with van der Waals surface area (Å²) in [4.78, 5) is 38.0. The van der Waals surface area contributed by atoms with Gasteiger partial charge in [-0.3, -0.25) is 14.2 Å². The maximum atomic E-state index is 12.8. The minimum absolute atomic E-state index is 0.0361. The number of carbonyl (C=O) groups is 2. The van der Waals surface area contributed by atoms with Gasteiger partial charge in [0.1, 0.15) is 19.8 Å². The molecule has 0 aromatic rings. The summed E-state index contributed by atoms with van der Waals surface area (Å²) in [6, 6.07) is 0. The second-order valence-corrected chi connectivity index (χ2v) is 24.8. The predicted octanol–water partition coefficient (Wildman–Crippen LogP) is 21.1. The van der Waals surface area contributed by atoms with E-state index in [4.69, 9.17) is 18.5 Å². The molecule has 9 nitrogen and oxygen atoms in total. The summed E-state index contributed by atoms with van der Waals surface area (Å²) in [5.74, 6) is -0.844. The molecule has 0 aliphatic carbocycles. The molecule has 0 fully saturated rings. The van der Waals surface area contributed by atoms with Gasteiger partial charge in [0.05, 0.1) is 27.7 Å². The molecule has 0 aliphatic heterocycles. The van der Waals surface area contributed by atoms with Crippen molar-refractivity contribution < 1.29 is 42.1 Å². The number of esters is 2. The molecule has 0 aromatic heterocycles. The van der Waals surface area contributed by atoms with Crippen LogP contribution in [0.15, 0.2) is 109 Å². The molecule has 2 unspecified atom stereocenters. The van der Waals surface area contributed by atoms with Crippen LogP contribution in [-0.4, -0.2) is 70.0 Å². The summed E-state index contributed by atoms with van der Waals surface area (Å²) in [6.07, 6.45) is 87.5. The predicted molar refractivity (Wildman–Crippen MR) is 351 cm³/mol. The number of rotatable bonds is 61. The Morgan fingerprint density at radius 3 is 0.976 bits per heavy atom. The highest BCUT2D eigenvalue weighted by molar-refractivity contribution is 7.45. The van der Waals surface area contributed by atoms with Crippen molar-refractivity contribution in [3.8, 4) is 0 Å². The van der Waals surface area contributed by atoms with Crippen LogP contribution in [-0.2, 0) is 32.7 Å². The molecule has 2 atom stereocenters. The summed E-state index contributed by atoms with van der Waals surface area (Å²) in [6.45, 7) is 4.01. The highest BCUT2D eigenvalue weighted by Crippen LogP contribution is 2.38. The van der Waals surface area contributed by atoms with Crippen molar-refractivity contribution >= 4 is 19.8 Å². The minimum atomic E-state index is -4.65. The molecule has 0 heterocycles. The van der Waals surface area contributed by atoms with E-state index in [0.717, 1.165) is 116 Å². The van der Waals surface area contributed by atoms with Crippen LogP contribution in [0.3, 0.4) is 0 Å². The molecular weight excluding hydrogens is 1040 g/mol. The molecule has 0 amide bonds. The van der Waals surface area contributed by atoms with Gasteiger partial charge in [-0.2, -0.15) is 0 Å². The standard InChI is InChI=1S/C72H126NO8P/c1-6-8-10-12-14-16-18-20-22-24-26-27-28-29-30-31-32-33-34-35-36-37-38-39-40-41-42-43-44-45-47-49-51-53-55-57-59-61-63-65-72(75)81-70(69-80-82(76,77)79-67-66-73(3,4)5)68-78-71(74)64-62-60-58-56-54-52-50-48-46-25-23-21-19-17-15-13-11-9-7-2/h8-11,14-17,20-23,26-27,29-30,46,48,70H,6-7,12-13,18-19,24-25,28,31-45,47,49-69H2,1-5H3/b10-8-,11-9-,16-14-,17-15-,22-20-,23-21-,27-26-,30-29-,48-46-. The number of phosphoric ester groups is 1. The smallest absolute Gasteiger partial charge is 0.306 e. The highest BCUT2D eigenvalue weighted by atomic mass is 31.2. The van der Waals surface area contributed by atoms with Crippen molar-refractivity contribution in [2.24, 2.45) is 0 Å². The molecule has 0 bridgehead atoms. The lowest BCUT2D eigenvalue weighted by molar-refractivity contribution is -0.870. The first kappa shape index (κ1) is 78.7. The molecule has 0 saturated heterocycles. The Balaban J connectivity index is 3.97. The Labute approximate surface area is 506 Å². The monoisotopic (exact) mass is 1160 g/mol. The zero-order valence-corrected chi connectivity index (χ0v) is 54.6. The van der Waals surface area contributed by atoms with Gasteiger partial charge in [-0.1, -0.05) is 284 Å². The number of ether oxygens (including phenoxy) is 2. The van der Waals surface area contributed by atoms with Gasteiger partial charge in [-0.25, -0.2) is 0 Å². The van der Waals surface area contributed by atoms with Crippen LogP contribution in [0.4, 0.5) is 0 Å². The Kier molecular flexibility index (Phi) is 59.7. The molecule has 472 valence electrons. The van der Waals surface area contributed by atoms with Crippen molar-refractivity contribution in [2.75, 3.05) is 47.5 Å². The van der Waals surface area contributed by atoms with Gasteiger partial charge in [0.15, 0.2) is 6.10 Å². The van der Waals surface area contributed by atoms with Crippen LogP contribution >= 0.6 is 7.82 Å². The number of hydrogen-bond acceptors (Lipinski definition) is 8. The summed E-state index contributed by atoms with van der Waals surface area (Å²) < 4.78 is 34.2. The van der Waals surface area contributed by atoms with E-state index in [2.05, 4.69) is 123 Å². The number of unbranched alkanes of at least 4 members (excludes halogenated alkanes) is 29. The molecule has 0 aromatic carbocycles. The van der Waals surface area contributed by atoms with Gasteiger partial charge in [0.2, 0.25) is 0 Å². The van der Waals surface area contributed by atoms with Crippen molar-refractivity contribution in [1.29, 1.82) is 0 Å². The molecule has 0 aliphatic rings. The third-order valence-corrected chi connectivity index (χ3v) is 15.3. The van der Waals surface area contributed by atoms with Crippen molar-refractivity contribution in [1.82, 2.24) is 0 Å². The SMILES string of the molecule is CC/C=C\C/C=C\C/C=C\C/C=C\C/C=C\CCCCCCCCCCCCCCCCCCCCCCCCCC(=O)OC(COC(=O)CCCCCCCC/C=C\C/C=C\C/C=C\C/C=C\CC)COP(=O)([O-])OCC[N+](C)(C)C. The molecule has 0 saturated carbocycles. The average molecular weight is 1160 g/mol. The number of quaternary nitrogens is 1. The third-order valence-electron chi connectivity index (χ3n) is 14.3. The molecule has 10 heteroatoms. The average Bonchev–Trinajstić information content (AvgIpc) is 3.46. The maximum absolute atomic E-state index is 12.8. The topological polar surface area (TPSA) is 111 Å². The van der Waals surface area contributed by atoms with E-state index in [1.807, 2.05) is 21.1 Å². The zero-order chi connectivity index (χ0) is 59.8. The lowest BCUT2D eigenvalue weighted by Gasteiger charge is -2.28. The van der Waals surface area contributed by atoms with E-state index in [1.54, 1.807) is 0 Å². The Morgan fingerprint density at radius 2 is 0.659 bits per heavy atom. The summed E-state index contributed by atoms with van der Waals surface area (Å²) in [5.41, 5.74) is 0. The first-order valence-electron chi connectivity index (χ1n) is 33.6. The van der Waals surface area contributed by atoms with Gasteiger partial charge in [-0.15, -0.1) is 0 Å². The largest absolute Gasteiger partial charge is 0.756 e. The number of carbonyl (C=O) groups excluding carboxylic acids is 2. The van der Waals surface area contributed by atoms with Gasteiger partial charge in [0, 0.05) is 12.8 Å². The van der Waals surface area contributed by atoms with Gasteiger partial charge < -0.3 is 27.9 Å². The van der Waals surface area contributed by atoms with E-state index in [0.29, 0.717) is 23.9 Å². The van der Waals surface area contributed by atoms with E-state index < -0.39 is 32.5 Å². The van der Waals surface area contributed by atoms with Crippen molar-refractivity contribution in [3.63, 3.8) is 0 Å². The summed E-state index contributed by atoms with van der Waals surface area (Å²) >= 11 is 0. The fraction of sp³-hybridized carbons (Fsp3) is 0.722. The quantitative estimate of drug-likeness (QED) is 0.0195. The Morgan fingerprint density at radius 1 is 0.378 bits per heavy atom. The number of phosphoric acid groups is 1. The van der Waals surface area contributed by atoms with Gasteiger partial charge in [0.25, 0.3) is 7.82 Å². The zero-order valence-electron chi connectivity index (χ0n) is 53.7. The molecule has 0 rings (SSSR count). The summed E-state index contributed by atoms with van der Waals surface area (Å²) in [5, 5.41) is 0. The van der Waals surface area contributed by atoms with E-state index in [1.165, 1.54) is 128 Å². The normalized spacial score (nSPS) is 13.9. The van der Waals surface area contributed by atoms with Crippen LogP contribution in [0.25, 0.3) is 0 Å². The van der Waals surface area contributed by atoms with Crippen molar-refractivity contribution in [2.45, 2.75) is 290 Å². The minimum Gasteiger partial charge on any atom is -0.756 e. The lowest BCUT2D eigenvalue weighted by Crippen LogP contribution is -2.37. The molecule has 82 heavy (non-hydrogen) atoms. The Hall–Kier alpha value is -3.33. The second kappa shape index (κ2) is 62.2. The fourth-order valence-corrected chi connectivity index (χ4v) is 9.93. The first-order valence-corrected chi connectivity index (χ1v) is 35.1. The second-order valence-electron chi connectivity index (χ2n) is 23.4. The first-order chi connectivity index (χ1) is 40.0. The van der Waals surface area contributed by atoms with Crippen molar-refractivity contribution in [3.05, 3.63) is 109 Å². The Bertz CT molecular complexity index is 1750.